The van der Waals surface area contributed by atoms with Gasteiger partial charge in [0.05, 0.1) is 39.3 Å². The van der Waals surface area contributed by atoms with Crippen molar-refractivity contribution < 1.29 is 14.4 Å². The summed E-state index contributed by atoms with van der Waals surface area (Å²) in [5, 5.41) is 29.4. The summed E-state index contributed by atoms with van der Waals surface area (Å²) >= 11 is 3.52. The van der Waals surface area contributed by atoms with Gasteiger partial charge in [0.15, 0.2) is 11.5 Å². The van der Waals surface area contributed by atoms with Gasteiger partial charge in [0.1, 0.15) is 6.61 Å². The van der Waals surface area contributed by atoms with Crippen molar-refractivity contribution in [2.45, 2.75) is 13.5 Å². The van der Waals surface area contributed by atoms with Crippen molar-refractivity contribution in [3.05, 3.63) is 97.5 Å². The molecule has 3 aromatic carbocycles. The van der Waals surface area contributed by atoms with Gasteiger partial charge in [0.2, 0.25) is 0 Å². The first-order chi connectivity index (χ1) is 15.9. The van der Waals surface area contributed by atoms with Crippen LogP contribution < -0.4 is 9.47 Å². The molecule has 33 heavy (non-hydrogen) atoms. The fourth-order valence-corrected chi connectivity index (χ4v) is 3.59. The van der Waals surface area contributed by atoms with Crippen LogP contribution in [-0.2, 0) is 6.61 Å². The van der Waals surface area contributed by atoms with Crippen LogP contribution in [0.3, 0.4) is 0 Å². The highest BCUT2D eigenvalue weighted by Crippen LogP contribution is 2.38. The average molecular weight is 504 g/mol. The third-order valence-corrected chi connectivity index (χ3v) is 5.21. The van der Waals surface area contributed by atoms with Crippen LogP contribution in [0.1, 0.15) is 29.2 Å². The molecule has 0 radical (unpaired) electrons. The van der Waals surface area contributed by atoms with Crippen molar-refractivity contribution in [3.8, 4) is 23.6 Å². The van der Waals surface area contributed by atoms with E-state index in [4.69, 9.17) is 14.7 Å². The molecule has 3 rings (SSSR count). The zero-order valence-corrected chi connectivity index (χ0v) is 19.2. The standard InChI is InChI=1S/C25H18BrN3O4/c1-2-32-24-13-19(11-21(15-28)20-7-3-17(14-27)4-8-20)12-23(26)25(24)33-16-18-5-9-22(10-6-18)29(30)31/h3-13H,2,16H2,1H3/b21-11-. The minimum absolute atomic E-state index is 0.0154. The molecule has 0 heterocycles. The summed E-state index contributed by atoms with van der Waals surface area (Å²) in [6.07, 6.45) is 1.73. The molecule has 0 saturated carbocycles. The zero-order valence-electron chi connectivity index (χ0n) is 17.6. The molecule has 0 atom stereocenters. The molecule has 0 spiro atoms. The van der Waals surface area contributed by atoms with E-state index in [0.717, 1.165) is 11.1 Å². The summed E-state index contributed by atoms with van der Waals surface area (Å²) in [4.78, 5) is 10.4. The molecular formula is C25H18BrN3O4. The highest BCUT2D eigenvalue weighted by Gasteiger charge is 2.14. The van der Waals surface area contributed by atoms with E-state index in [1.807, 2.05) is 13.0 Å². The Labute approximate surface area is 199 Å². The molecule has 0 aromatic heterocycles. The van der Waals surface area contributed by atoms with E-state index in [1.165, 1.54) is 12.1 Å². The molecule has 0 aliphatic heterocycles. The van der Waals surface area contributed by atoms with Crippen molar-refractivity contribution in [2.75, 3.05) is 6.61 Å². The second-order valence-corrected chi connectivity index (χ2v) is 7.69. The van der Waals surface area contributed by atoms with Gasteiger partial charge in [-0.1, -0.05) is 12.1 Å². The SMILES string of the molecule is CCOc1cc(/C=C(/C#N)c2ccc(C#N)cc2)cc(Br)c1OCc1ccc([N+](=O)[O-])cc1. The molecule has 0 fully saturated rings. The summed E-state index contributed by atoms with van der Waals surface area (Å²) in [6.45, 7) is 2.46. The Bertz CT molecular complexity index is 1270. The Morgan fingerprint density at radius 3 is 2.36 bits per heavy atom. The summed E-state index contributed by atoms with van der Waals surface area (Å²) in [6, 6.07) is 20.8. The van der Waals surface area contributed by atoms with Crippen molar-refractivity contribution in [3.63, 3.8) is 0 Å². The number of rotatable bonds is 8. The largest absolute Gasteiger partial charge is 0.490 e. The number of benzene rings is 3. The summed E-state index contributed by atoms with van der Waals surface area (Å²) in [5.74, 6) is 0.987. The summed E-state index contributed by atoms with van der Waals surface area (Å²) in [5.41, 5.74) is 3.17. The number of nitro benzene ring substituents is 1. The Balaban J connectivity index is 1.88. The minimum atomic E-state index is -0.450. The summed E-state index contributed by atoms with van der Waals surface area (Å²) < 4.78 is 12.3. The quantitative estimate of drug-likeness (QED) is 0.155. The van der Waals surface area contributed by atoms with E-state index in [0.29, 0.717) is 39.3 Å². The van der Waals surface area contributed by atoms with E-state index < -0.39 is 4.92 Å². The van der Waals surface area contributed by atoms with Gasteiger partial charge in [0.25, 0.3) is 5.69 Å². The van der Waals surface area contributed by atoms with Crippen molar-refractivity contribution in [1.29, 1.82) is 10.5 Å². The lowest BCUT2D eigenvalue weighted by atomic mass is 10.0. The number of ether oxygens (including phenoxy) is 2. The van der Waals surface area contributed by atoms with Crippen LogP contribution in [0.2, 0.25) is 0 Å². The maximum absolute atomic E-state index is 10.8. The van der Waals surface area contributed by atoms with Gasteiger partial charge >= 0.3 is 0 Å². The van der Waals surface area contributed by atoms with Crippen molar-refractivity contribution in [1.82, 2.24) is 0 Å². The molecule has 0 bridgehead atoms. The van der Waals surface area contributed by atoms with Gasteiger partial charge in [-0.25, -0.2) is 0 Å². The molecule has 0 unspecified atom stereocenters. The topological polar surface area (TPSA) is 109 Å². The number of nitrogens with zero attached hydrogens (tertiary/aromatic N) is 3. The van der Waals surface area contributed by atoms with Gasteiger partial charge in [-0.15, -0.1) is 0 Å². The monoisotopic (exact) mass is 503 g/mol. The Hall–Kier alpha value is -4.14. The Kier molecular flexibility index (Phi) is 7.80. The lowest BCUT2D eigenvalue weighted by Crippen LogP contribution is -2.01. The Morgan fingerprint density at radius 1 is 1.09 bits per heavy atom. The molecule has 0 N–H and O–H groups in total. The molecule has 8 heteroatoms. The van der Waals surface area contributed by atoms with Gasteiger partial charge < -0.3 is 9.47 Å². The lowest BCUT2D eigenvalue weighted by Gasteiger charge is -2.15. The fraction of sp³-hybridized carbons (Fsp3) is 0.120. The number of nitro groups is 1. The second kappa shape index (κ2) is 10.9. The zero-order chi connectivity index (χ0) is 23.8. The Morgan fingerprint density at radius 2 is 1.79 bits per heavy atom. The van der Waals surface area contributed by atoms with E-state index in [1.54, 1.807) is 48.5 Å². The fourth-order valence-electron chi connectivity index (χ4n) is 3.01. The van der Waals surface area contributed by atoms with Crippen LogP contribution in [0.5, 0.6) is 11.5 Å². The first-order valence-corrected chi connectivity index (χ1v) is 10.7. The first kappa shape index (κ1) is 23.5. The number of non-ortho nitro benzene ring substituents is 1. The molecule has 0 saturated heterocycles. The molecule has 0 aliphatic rings. The van der Waals surface area contributed by atoms with Crippen LogP contribution in [-0.4, -0.2) is 11.5 Å². The van der Waals surface area contributed by atoms with E-state index >= 15 is 0 Å². The van der Waals surface area contributed by atoms with E-state index in [2.05, 4.69) is 28.1 Å². The van der Waals surface area contributed by atoms with Gasteiger partial charge in [-0.2, -0.15) is 10.5 Å². The molecule has 3 aromatic rings. The number of halogens is 1. The molecule has 0 amide bonds. The number of hydrogen-bond donors (Lipinski definition) is 0. The predicted molar refractivity (Wildman–Crippen MR) is 127 cm³/mol. The third kappa shape index (κ3) is 5.97. The minimum Gasteiger partial charge on any atom is -0.490 e. The molecule has 7 nitrogen and oxygen atoms in total. The average Bonchev–Trinajstić information content (AvgIpc) is 2.82. The number of hydrogen-bond acceptors (Lipinski definition) is 6. The lowest BCUT2D eigenvalue weighted by molar-refractivity contribution is -0.384. The van der Waals surface area contributed by atoms with E-state index in [9.17, 15) is 15.4 Å². The number of allylic oxidation sites excluding steroid dienone is 1. The second-order valence-electron chi connectivity index (χ2n) is 6.83. The normalized spacial score (nSPS) is 10.7. The van der Waals surface area contributed by atoms with Crippen LogP contribution in [0, 0.1) is 32.8 Å². The number of nitriles is 2. The summed E-state index contributed by atoms with van der Waals surface area (Å²) in [7, 11) is 0. The van der Waals surface area contributed by atoms with Gasteiger partial charge in [-0.3, -0.25) is 10.1 Å². The van der Waals surface area contributed by atoms with Crippen molar-refractivity contribution >= 4 is 33.3 Å². The van der Waals surface area contributed by atoms with Crippen LogP contribution in [0.15, 0.2) is 65.1 Å². The predicted octanol–water partition coefficient (Wildman–Crippen LogP) is 6.27. The van der Waals surface area contributed by atoms with E-state index in [-0.39, 0.29) is 12.3 Å². The van der Waals surface area contributed by atoms with Gasteiger partial charge in [-0.05, 0) is 82.0 Å². The maximum atomic E-state index is 10.8. The smallest absolute Gasteiger partial charge is 0.269 e. The first-order valence-electron chi connectivity index (χ1n) is 9.90. The highest BCUT2D eigenvalue weighted by atomic mass is 79.9. The molecule has 0 aliphatic carbocycles. The molecule has 164 valence electrons. The van der Waals surface area contributed by atoms with Crippen LogP contribution in [0.25, 0.3) is 11.6 Å². The van der Waals surface area contributed by atoms with Gasteiger partial charge in [0, 0.05) is 12.1 Å². The maximum Gasteiger partial charge on any atom is 0.269 e. The van der Waals surface area contributed by atoms with Crippen LogP contribution in [0.4, 0.5) is 5.69 Å². The van der Waals surface area contributed by atoms with Crippen molar-refractivity contribution in [2.24, 2.45) is 0 Å². The molecular weight excluding hydrogens is 486 g/mol. The van der Waals surface area contributed by atoms with Crippen LogP contribution >= 0.6 is 15.9 Å². The highest BCUT2D eigenvalue weighted by molar-refractivity contribution is 9.10. The third-order valence-electron chi connectivity index (χ3n) is 4.62.